The Morgan fingerprint density at radius 1 is 1.22 bits per heavy atom. The molecular formula is C18H22N6O2S. The van der Waals surface area contributed by atoms with Crippen molar-refractivity contribution in [1.82, 2.24) is 20.5 Å². The van der Waals surface area contributed by atoms with Gasteiger partial charge in [0.2, 0.25) is 5.89 Å². The van der Waals surface area contributed by atoms with Crippen LogP contribution in [0.3, 0.4) is 0 Å². The van der Waals surface area contributed by atoms with E-state index < -0.39 is 0 Å². The molecule has 142 valence electrons. The Morgan fingerprint density at radius 2 is 2.00 bits per heavy atom. The van der Waals surface area contributed by atoms with Crippen molar-refractivity contribution in [2.45, 2.75) is 19.8 Å². The molecule has 1 aromatic carbocycles. The fourth-order valence-corrected chi connectivity index (χ4v) is 3.09. The number of rotatable bonds is 7. The third-order valence-electron chi connectivity index (χ3n) is 3.76. The standard InChI is InChI=1S/C18H22N6O2S/c1-4-15-20-14(11-27-15)9-10-19-17(25)21-13-7-5-12(6-8-13)16-22-23-18(26-16)24(2)3/h5-8,11H,4,9-10H2,1-3H3,(H2,19,21,25). The lowest BCUT2D eigenvalue weighted by Gasteiger charge is -2.07. The molecule has 0 unspecified atom stereocenters. The molecule has 2 aromatic heterocycles. The lowest BCUT2D eigenvalue weighted by atomic mass is 10.2. The zero-order chi connectivity index (χ0) is 19.2. The number of benzene rings is 1. The highest BCUT2D eigenvalue weighted by atomic mass is 32.1. The van der Waals surface area contributed by atoms with Crippen LogP contribution in [0.2, 0.25) is 0 Å². The molecule has 2 amide bonds. The first-order valence-electron chi connectivity index (χ1n) is 8.64. The second-order valence-corrected chi connectivity index (χ2v) is 7.02. The van der Waals surface area contributed by atoms with Gasteiger partial charge in [0.15, 0.2) is 0 Å². The Hall–Kier alpha value is -2.94. The zero-order valence-electron chi connectivity index (χ0n) is 15.5. The van der Waals surface area contributed by atoms with Gasteiger partial charge in [-0.1, -0.05) is 12.0 Å². The highest BCUT2D eigenvalue weighted by Crippen LogP contribution is 2.22. The van der Waals surface area contributed by atoms with Crippen LogP contribution >= 0.6 is 11.3 Å². The Morgan fingerprint density at radius 3 is 2.63 bits per heavy atom. The van der Waals surface area contributed by atoms with E-state index >= 15 is 0 Å². The number of hydrogen-bond acceptors (Lipinski definition) is 7. The number of aryl methyl sites for hydroxylation is 1. The molecule has 3 aromatic rings. The van der Waals surface area contributed by atoms with Gasteiger partial charge < -0.3 is 20.0 Å². The van der Waals surface area contributed by atoms with E-state index in [-0.39, 0.29) is 6.03 Å². The van der Waals surface area contributed by atoms with Crippen LogP contribution in [0.1, 0.15) is 17.6 Å². The topological polar surface area (TPSA) is 96.2 Å². The van der Waals surface area contributed by atoms with Gasteiger partial charge in [-0.05, 0) is 30.7 Å². The molecule has 3 rings (SSSR count). The van der Waals surface area contributed by atoms with Crippen LogP contribution < -0.4 is 15.5 Å². The molecule has 0 aliphatic carbocycles. The van der Waals surface area contributed by atoms with Gasteiger partial charge in [0.1, 0.15) is 0 Å². The Bertz CT molecular complexity index is 887. The largest absolute Gasteiger partial charge is 0.403 e. The maximum atomic E-state index is 12.0. The van der Waals surface area contributed by atoms with Crippen LogP contribution in [0.15, 0.2) is 34.1 Å². The van der Waals surface area contributed by atoms with Crippen LogP contribution in [-0.4, -0.2) is 41.9 Å². The SMILES string of the molecule is CCc1nc(CCNC(=O)Nc2ccc(-c3nnc(N(C)C)o3)cc2)cs1. The van der Waals surface area contributed by atoms with Gasteiger partial charge in [-0.15, -0.1) is 16.4 Å². The Balaban J connectivity index is 1.49. The van der Waals surface area contributed by atoms with E-state index in [1.54, 1.807) is 28.4 Å². The molecule has 8 nitrogen and oxygen atoms in total. The van der Waals surface area contributed by atoms with Gasteiger partial charge in [0.05, 0.1) is 10.7 Å². The molecule has 0 fully saturated rings. The Kier molecular flexibility index (Phi) is 6.02. The van der Waals surface area contributed by atoms with E-state index in [9.17, 15) is 4.79 Å². The molecule has 0 atom stereocenters. The average molecular weight is 386 g/mol. The van der Waals surface area contributed by atoms with Crippen molar-refractivity contribution in [3.63, 3.8) is 0 Å². The van der Waals surface area contributed by atoms with Gasteiger partial charge in [-0.3, -0.25) is 0 Å². The minimum absolute atomic E-state index is 0.249. The van der Waals surface area contributed by atoms with E-state index in [0.717, 1.165) is 22.7 Å². The molecule has 9 heteroatoms. The summed E-state index contributed by atoms with van der Waals surface area (Å²) >= 11 is 1.65. The number of thiazole rings is 1. The minimum Gasteiger partial charge on any atom is -0.403 e. The molecule has 0 saturated carbocycles. The minimum atomic E-state index is -0.249. The third kappa shape index (κ3) is 5.04. The van der Waals surface area contributed by atoms with Crippen molar-refractivity contribution in [2.75, 3.05) is 30.9 Å². The fraction of sp³-hybridized carbons (Fsp3) is 0.333. The molecule has 2 N–H and O–H groups in total. The smallest absolute Gasteiger partial charge is 0.319 e. The highest BCUT2D eigenvalue weighted by Gasteiger charge is 2.10. The average Bonchev–Trinajstić information content (AvgIpc) is 3.32. The predicted molar refractivity (Wildman–Crippen MR) is 106 cm³/mol. The number of carbonyl (C=O) groups is 1. The van der Waals surface area contributed by atoms with E-state index in [1.165, 1.54) is 0 Å². The van der Waals surface area contributed by atoms with E-state index in [2.05, 4.69) is 32.7 Å². The first-order valence-corrected chi connectivity index (χ1v) is 9.52. The summed E-state index contributed by atoms with van der Waals surface area (Å²) in [6, 6.07) is 7.43. The lowest BCUT2D eigenvalue weighted by molar-refractivity contribution is 0.252. The van der Waals surface area contributed by atoms with Crippen LogP contribution in [-0.2, 0) is 12.8 Å². The maximum absolute atomic E-state index is 12.0. The number of aromatic nitrogens is 3. The Labute approximate surface area is 161 Å². The molecule has 0 spiro atoms. The van der Waals surface area contributed by atoms with Crippen molar-refractivity contribution in [3.8, 4) is 11.5 Å². The van der Waals surface area contributed by atoms with Gasteiger partial charge in [-0.25, -0.2) is 9.78 Å². The van der Waals surface area contributed by atoms with Crippen molar-refractivity contribution in [3.05, 3.63) is 40.3 Å². The first-order chi connectivity index (χ1) is 13.0. The second-order valence-electron chi connectivity index (χ2n) is 6.08. The number of urea groups is 1. The molecule has 2 heterocycles. The summed E-state index contributed by atoms with van der Waals surface area (Å²) in [5.74, 6) is 0.435. The summed E-state index contributed by atoms with van der Waals surface area (Å²) in [6.45, 7) is 2.62. The molecule has 0 aliphatic heterocycles. The van der Waals surface area contributed by atoms with Crippen LogP contribution in [0.25, 0.3) is 11.5 Å². The number of amides is 2. The molecule has 27 heavy (non-hydrogen) atoms. The maximum Gasteiger partial charge on any atom is 0.319 e. The lowest BCUT2D eigenvalue weighted by Crippen LogP contribution is -2.30. The van der Waals surface area contributed by atoms with Gasteiger partial charge in [0, 0.05) is 43.7 Å². The highest BCUT2D eigenvalue weighted by molar-refractivity contribution is 7.09. The number of hydrogen-bond donors (Lipinski definition) is 2. The number of nitrogens with one attached hydrogen (secondary N) is 2. The number of carbonyl (C=O) groups excluding carboxylic acids is 1. The van der Waals surface area contributed by atoms with Crippen LogP contribution in [0.4, 0.5) is 16.5 Å². The number of anilines is 2. The van der Waals surface area contributed by atoms with Crippen molar-refractivity contribution in [2.24, 2.45) is 0 Å². The van der Waals surface area contributed by atoms with Crippen molar-refractivity contribution in [1.29, 1.82) is 0 Å². The van der Waals surface area contributed by atoms with E-state index in [4.69, 9.17) is 4.42 Å². The fourth-order valence-electron chi connectivity index (χ4n) is 2.31. The van der Waals surface area contributed by atoms with E-state index in [1.807, 2.05) is 31.6 Å². The molecule has 0 saturated heterocycles. The van der Waals surface area contributed by atoms with E-state index in [0.29, 0.717) is 30.6 Å². The molecule has 0 bridgehead atoms. The zero-order valence-corrected chi connectivity index (χ0v) is 16.3. The first kappa shape index (κ1) is 18.8. The summed E-state index contributed by atoms with van der Waals surface area (Å²) in [6.07, 6.45) is 1.66. The quantitative estimate of drug-likeness (QED) is 0.647. The summed E-state index contributed by atoms with van der Waals surface area (Å²) < 4.78 is 5.56. The third-order valence-corrected chi connectivity index (χ3v) is 4.80. The van der Waals surface area contributed by atoms with Gasteiger partial charge in [-0.2, -0.15) is 0 Å². The summed E-state index contributed by atoms with van der Waals surface area (Å²) in [4.78, 5) is 18.2. The summed E-state index contributed by atoms with van der Waals surface area (Å²) in [5, 5.41) is 16.8. The monoisotopic (exact) mass is 386 g/mol. The normalized spacial score (nSPS) is 10.6. The predicted octanol–water partition coefficient (Wildman–Crippen LogP) is 3.19. The second kappa shape index (κ2) is 8.63. The summed E-state index contributed by atoms with van der Waals surface area (Å²) in [7, 11) is 3.67. The van der Waals surface area contributed by atoms with Crippen LogP contribution in [0, 0.1) is 0 Å². The van der Waals surface area contributed by atoms with Crippen LogP contribution in [0.5, 0.6) is 0 Å². The van der Waals surface area contributed by atoms with Gasteiger partial charge >= 0.3 is 12.0 Å². The van der Waals surface area contributed by atoms with Gasteiger partial charge in [0.25, 0.3) is 0 Å². The number of nitrogens with zero attached hydrogens (tertiary/aromatic N) is 4. The molecule has 0 aliphatic rings. The van der Waals surface area contributed by atoms with Crippen molar-refractivity contribution < 1.29 is 9.21 Å². The summed E-state index contributed by atoms with van der Waals surface area (Å²) in [5.41, 5.74) is 2.49. The molecule has 0 radical (unpaired) electrons. The van der Waals surface area contributed by atoms with Crippen molar-refractivity contribution >= 4 is 29.1 Å². The molecular weight excluding hydrogens is 364 g/mol.